The minimum absolute atomic E-state index is 0.156. The van der Waals surface area contributed by atoms with Crippen LogP contribution in [-0.2, 0) is 28.6 Å². The molecule has 0 aromatic heterocycles. The zero-order valence-electron chi connectivity index (χ0n) is 19.7. The summed E-state index contributed by atoms with van der Waals surface area (Å²) in [6, 6.07) is 0. The molecule has 0 aliphatic carbocycles. The number of carboxylic acid groups (broad SMARTS) is 1. The fourth-order valence-corrected chi connectivity index (χ4v) is 3.87. The highest BCUT2D eigenvalue weighted by atomic mass is 16.6. The number of rotatable bonds is 10. The molecule has 1 fully saturated rings. The van der Waals surface area contributed by atoms with E-state index in [0.29, 0.717) is 31.3 Å². The molecule has 0 spiro atoms. The highest BCUT2D eigenvalue weighted by Gasteiger charge is 2.39. The lowest BCUT2D eigenvalue weighted by Gasteiger charge is -2.35. The van der Waals surface area contributed by atoms with E-state index in [1.807, 2.05) is 20.8 Å². The van der Waals surface area contributed by atoms with E-state index in [2.05, 4.69) is 13.0 Å². The first-order chi connectivity index (χ1) is 14.4. The fourth-order valence-electron chi connectivity index (χ4n) is 3.87. The number of allylic oxidation sites excluding steroid dienone is 1. The molecule has 0 bridgehead atoms. The quantitative estimate of drug-likeness (QED) is 0.302. The van der Waals surface area contributed by atoms with E-state index in [4.69, 9.17) is 19.3 Å². The predicted octanol–water partition coefficient (Wildman–Crippen LogP) is 4.59. The summed E-state index contributed by atoms with van der Waals surface area (Å²) in [4.78, 5) is 34.2. The lowest BCUT2D eigenvalue weighted by Crippen LogP contribution is -2.43. The molecule has 1 heterocycles. The molecule has 1 aliphatic heterocycles. The molecule has 0 saturated carbocycles. The van der Waals surface area contributed by atoms with Crippen molar-refractivity contribution >= 4 is 17.9 Å². The molecule has 176 valence electrons. The summed E-state index contributed by atoms with van der Waals surface area (Å²) in [5.41, 5.74) is 1.15. The highest BCUT2D eigenvalue weighted by molar-refractivity contribution is 5.80. The molecule has 2 unspecified atom stereocenters. The van der Waals surface area contributed by atoms with Crippen molar-refractivity contribution in [2.24, 2.45) is 5.92 Å². The molecule has 0 amide bonds. The van der Waals surface area contributed by atoms with Crippen molar-refractivity contribution in [3.8, 4) is 0 Å². The van der Waals surface area contributed by atoms with Gasteiger partial charge in [0.05, 0.1) is 6.61 Å². The number of ether oxygens (including phenoxy) is 3. The highest BCUT2D eigenvalue weighted by Crippen LogP contribution is 2.34. The van der Waals surface area contributed by atoms with Gasteiger partial charge in [-0.1, -0.05) is 25.0 Å². The van der Waals surface area contributed by atoms with Gasteiger partial charge in [0, 0.05) is 26.3 Å². The van der Waals surface area contributed by atoms with E-state index in [1.165, 1.54) is 25.5 Å². The average molecular weight is 439 g/mol. The van der Waals surface area contributed by atoms with E-state index in [-0.39, 0.29) is 30.6 Å². The Morgan fingerprint density at radius 3 is 2.45 bits per heavy atom. The number of carbonyl (C=O) groups is 3. The molecule has 1 rings (SSSR count). The second-order valence-electron chi connectivity index (χ2n) is 8.91. The molecule has 0 aromatic rings. The van der Waals surface area contributed by atoms with Crippen molar-refractivity contribution < 1.29 is 33.7 Å². The first-order valence-corrected chi connectivity index (χ1v) is 11.0. The van der Waals surface area contributed by atoms with Gasteiger partial charge in [-0.2, -0.15) is 0 Å². The van der Waals surface area contributed by atoms with E-state index >= 15 is 0 Å². The van der Waals surface area contributed by atoms with Crippen LogP contribution in [0.15, 0.2) is 23.3 Å². The number of carboxylic acids is 1. The van der Waals surface area contributed by atoms with Crippen LogP contribution in [0.25, 0.3) is 0 Å². The Bertz CT molecular complexity index is 690. The zero-order chi connectivity index (χ0) is 23.6. The summed E-state index contributed by atoms with van der Waals surface area (Å²) in [7, 11) is 0. The van der Waals surface area contributed by atoms with Crippen LogP contribution in [0.5, 0.6) is 0 Å². The van der Waals surface area contributed by atoms with Gasteiger partial charge in [0.1, 0.15) is 17.8 Å². The van der Waals surface area contributed by atoms with E-state index in [1.54, 1.807) is 0 Å². The maximum Gasteiger partial charge on any atom is 0.328 e. The molecule has 1 N–H and O–H groups in total. The van der Waals surface area contributed by atoms with Crippen molar-refractivity contribution in [2.45, 2.75) is 97.9 Å². The van der Waals surface area contributed by atoms with E-state index in [0.717, 1.165) is 12.8 Å². The van der Waals surface area contributed by atoms with Crippen molar-refractivity contribution in [1.82, 2.24) is 0 Å². The van der Waals surface area contributed by atoms with Gasteiger partial charge in [-0.05, 0) is 57.9 Å². The number of aliphatic carboxylic acids is 1. The van der Waals surface area contributed by atoms with Crippen LogP contribution in [0, 0.1) is 5.92 Å². The third kappa shape index (κ3) is 10.1. The minimum atomic E-state index is -1.01. The van der Waals surface area contributed by atoms with Gasteiger partial charge in [-0.3, -0.25) is 9.59 Å². The molecular weight excluding hydrogens is 400 g/mol. The van der Waals surface area contributed by atoms with Crippen molar-refractivity contribution in [3.63, 3.8) is 0 Å². The monoisotopic (exact) mass is 438 g/mol. The largest absolute Gasteiger partial charge is 0.478 e. The summed E-state index contributed by atoms with van der Waals surface area (Å²) in [5.74, 6) is -1.52. The Kier molecular flexibility index (Phi) is 11.0. The summed E-state index contributed by atoms with van der Waals surface area (Å²) in [6.45, 7) is 11.0. The van der Waals surface area contributed by atoms with Crippen LogP contribution in [0.1, 0.15) is 80.1 Å². The predicted molar refractivity (Wildman–Crippen MR) is 117 cm³/mol. The first-order valence-electron chi connectivity index (χ1n) is 11.0. The Balaban J connectivity index is 2.82. The lowest BCUT2D eigenvalue weighted by molar-refractivity contribution is -0.167. The lowest BCUT2D eigenvalue weighted by atomic mass is 9.86. The van der Waals surface area contributed by atoms with Crippen molar-refractivity contribution in [2.75, 3.05) is 6.61 Å². The minimum Gasteiger partial charge on any atom is -0.478 e. The van der Waals surface area contributed by atoms with Gasteiger partial charge in [0.2, 0.25) is 0 Å². The number of hydrogen-bond donors (Lipinski definition) is 1. The maximum atomic E-state index is 11.6. The number of hydrogen-bond acceptors (Lipinski definition) is 6. The third-order valence-corrected chi connectivity index (χ3v) is 5.67. The number of esters is 2. The van der Waals surface area contributed by atoms with Gasteiger partial charge in [-0.15, -0.1) is 0 Å². The first kappa shape index (κ1) is 26.9. The van der Waals surface area contributed by atoms with Gasteiger partial charge in [0.15, 0.2) is 0 Å². The molecule has 0 aromatic carbocycles. The molecule has 1 saturated heterocycles. The van der Waals surface area contributed by atoms with Crippen LogP contribution in [0.3, 0.4) is 0 Å². The molecule has 7 heteroatoms. The summed E-state index contributed by atoms with van der Waals surface area (Å²) >= 11 is 0. The van der Waals surface area contributed by atoms with Crippen LogP contribution in [-0.4, -0.2) is 47.4 Å². The fraction of sp³-hybridized carbons (Fsp3) is 0.708. The van der Waals surface area contributed by atoms with Gasteiger partial charge < -0.3 is 19.3 Å². The van der Waals surface area contributed by atoms with Crippen LogP contribution < -0.4 is 0 Å². The molecule has 4 atom stereocenters. The zero-order valence-corrected chi connectivity index (χ0v) is 19.7. The summed E-state index contributed by atoms with van der Waals surface area (Å²) in [6.07, 6.45) is 6.56. The van der Waals surface area contributed by atoms with E-state index < -0.39 is 17.7 Å². The Hall–Kier alpha value is -2.15. The second kappa shape index (κ2) is 12.6. The third-order valence-electron chi connectivity index (χ3n) is 5.67. The maximum absolute atomic E-state index is 11.6. The van der Waals surface area contributed by atoms with Crippen molar-refractivity contribution in [3.05, 3.63) is 23.3 Å². The van der Waals surface area contributed by atoms with Gasteiger partial charge in [-0.25, -0.2) is 4.79 Å². The molecule has 0 radical (unpaired) electrons. The Morgan fingerprint density at radius 2 is 1.90 bits per heavy atom. The molecule has 7 nitrogen and oxygen atoms in total. The SMILES string of the molecule is CC(=O)OC(CC=C(C)C)C(C)CCC[C@]1(C)OCC(=CC(=O)O)CC[C@H]1OC(C)=O. The normalized spacial score (nSPS) is 24.6. The average Bonchev–Trinajstić information content (AvgIpc) is 2.78. The smallest absolute Gasteiger partial charge is 0.328 e. The number of carbonyl (C=O) groups excluding carboxylic acids is 2. The Labute approximate surface area is 185 Å². The standard InChI is InChI=1S/C24H38O7/c1-16(2)9-11-21(30-18(4)25)17(3)8-7-13-24(6)22(31-19(5)26)12-10-20(15-29-24)14-23(27)28/h9,14,17,21-22H,7-8,10-13,15H2,1-6H3,(H,27,28)/t17?,21?,22-,24+/m1/s1. The van der Waals surface area contributed by atoms with Gasteiger partial charge >= 0.3 is 17.9 Å². The molecular formula is C24H38O7. The second-order valence-corrected chi connectivity index (χ2v) is 8.91. The van der Waals surface area contributed by atoms with Gasteiger partial charge in [0.25, 0.3) is 0 Å². The molecule has 1 aliphatic rings. The summed E-state index contributed by atoms with van der Waals surface area (Å²) < 4.78 is 17.2. The topological polar surface area (TPSA) is 99.1 Å². The Morgan fingerprint density at radius 1 is 1.23 bits per heavy atom. The van der Waals surface area contributed by atoms with Crippen LogP contribution in [0.2, 0.25) is 0 Å². The van der Waals surface area contributed by atoms with Crippen LogP contribution >= 0.6 is 0 Å². The summed E-state index contributed by atoms with van der Waals surface area (Å²) in [5, 5.41) is 9.04. The van der Waals surface area contributed by atoms with Crippen molar-refractivity contribution in [1.29, 1.82) is 0 Å². The van der Waals surface area contributed by atoms with E-state index in [9.17, 15) is 14.4 Å². The van der Waals surface area contributed by atoms with Crippen LogP contribution in [0.4, 0.5) is 0 Å². The molecule has 31 heavy (non-hydrogen) atoms.